The zero-order valence-corrected chi connectivity index (χ0v) is 19.5. The molecule has 0 radical (unpaired) electrons. The molecule has 174 valence electrons. The number of nitrogens with zero attached hydrogens (tertiary/aromatic N) is 7. The second kappa shape index (κ2) is 11.2. The summed E-state index contributed by atoms with van der Waals surface area (Å²) in [6.07, 6.45) is 3.34. The summed E-state index contributed by atoms with van der Waals surface area (Å²) in [5.74, 6) is 1.39. The van der Waals surface area contributed by atoms with Crippen molar-refractivity contribution < 1.29 is 9.53 Å². The number of hydrogen-bond donors (Lipinski definition) is 1. The number of carbonyl (C=O) groups excluding carboxylic acids is 1. The van der Waals surface area contributed by atoms with Crippen molar-refractivity contribution in [2.24, 2.45) is 5.10 Å². The van der Waals surface area contributed by atoms with Crippen molar-refractivity contribution in [2.75, 3.05) is 12.4 Å². The zero-order chi connectivity index (χ0) is 23.8. The summed E-state index contributed by atoms with van der Waals surface area (Å²) in [6, 6.07) is 15.2. The fourth-order valence-electron chi connectivity index (χ4n) is 3.18. The van der Waals surface area contributed by atoms with E-state index in [1.807, 2.05) is 60.0 Å². The van der Waals surface area contributed by atoms with Crippen LogP contribution in [0, 0.1) is 0 Å². The molecule has 4 aromatic rings. The number of fused-ring (bicyclic) bond motifs is 1. The van der Waals surface area contributed by atoms with E-state index < -0.39 is 0 Å². The van der Waals surface area contributed by atoms with Gasteiger partial charge in [0.25, 0.3) is 5.91 Å². The van der Waals surface area contributed by atoms with E-state index in [1.54, 1.807) is 17.0 Å². The van der Waals surface area contributed by atoms with E-state index in [-0.39, 0.29) is 11.7 Å². The molecule has 0 unspecified atom stereocenters. The van der Waals surface area contributed by atoms with Gasteiger partial charge in [0, 0.05) is 6.54 Å². The van der Waals surface area contributed by atoms with Crippen molar-refractivity contribution in [3.8, 4) is 5.75 Å². The Morgan fingerprint density at radius 3 is 2.79 bits per heavy atom. The summed E-state index contributed by atoms with van der Waals surface area (Å²) in [5, 5.41) is 21.6. The smallest absolute Gasteiger partial charge is 0.250 e. The molecule has 34 heavy (non-hydrogen) atoms. The molecule has 1 amide bonds. The van der Waals surface area contributed by atoms with Gasteiger partial charge in [-0.15, -0.1) is 21.9 Å². The fourth-order valence-corrected chi connectivity index (χ4v) is 3.94. The maximum Gasteiger partial charge on any atom is 0.250 e. The molecule has 0 atom stereocenters. The lowest BCUT2D eigenvalue weighted by atomic mass is 10.2. The second-order valence-electron chi connectivity index (χ2n) is 7.12. The average Bonchev–Trinajstić information content (AvgIpc) is 3.44. The number of allylic oxidation sites excluding steroid dienone is 1. The monoisotopic (exact) mass is 476 g/mol. The highest BCUT2D eigenvalue weighted by atomic mass is 32.2. The SMILES string of the molecule is C=CCn1c(Cn2nnc3ccccc32)nnc1SCC(=O)N/N=C\c1ccc(OCC)cc1. The minimum atomic E-state index is -0.246. The molecule has 2 aromatic carbocycles. The molecule has 0 bridgehead atoms. The topological polar surface area (TPSA) is 112 Å². The predicted molar refractivity (Wildman–Crippen MR) is 131 cm³/mol. The van der Waals surface area contributed by atoms with Gasteiger partial charge >= 0.3 is 0 Å². The van der Waals surface area contributed by atoms with E-state index >= 15 is 0 Å². The number of hydrogen-bond acceptors (Lipinski definition) is 8. The molecule has 4 rings (SSSR count). The molecule has 0 saturated carbocycles. The number of carbonyl (C=O) groups is 1. The highest BCUT2D eigenvalue weighted by molar-refractivity contribution is 7.99. The molecular weight excluding hydrogens is 452 g/mol. The Morgan fingerprint density at radius 2 is 2.00 bits per heavy atom. The number of nitrogens with one attached hydrogen (secondary N) is 1. The van der Waals surface area contributed by atoms with Gasteiger partial charge in [0.15, 0.2) is 11.0 Å². The summed E-state index contributed by atoms with van der Waals surface area (Å²) in [4.78, 5) is 12.3. The number of amides is 1. The molecule has 2 heterocycles. The highest BCUT2D eigenvalue weighted by Crippen LogP contribution is 2.19. The summed E-state index contributed by atoms with van der Waals surface area (Å²) in [6.45, 7) is 7.27. The Balaban J connectivity index is 1.35. The van der Waals surface area contributed by atoms with Crippen molar-refractivity contribution in [1.82, 2.24) is 35.2 Å². The molecule has 0 fully saturated rings. The van der Waals surface area contributed by atoms with E-state index in [0.717, 1.165) is 22.3 Å². The fraction of sp³-hybridized carbons (Fsp3) is 0.217. The van der Waals surface area contributed by atoms with Gasteiger partial charge in [-0.25, -0.2) is 10.1 Å². The average molecular weight is 477 g/mol. The van der Waals surface area contributed by atoms with E-state index in [0.29, 0.717) is 30.7 Å². The maximum absolute atomic E-state index is 12.3. The minimum Gasteiger partial charge on any atom is -0.494 e. The van der Waals surface area contributed by atoms with Crippen LogP contribution in [0.2, 0.25) is 0 Å². The number of ether oxygens (including phenoxy) is 1. The van der Waals surface area contributed by atoms with Crippen molar-refractivity contribution >= 4 is 34.9 Å². The summed E-state index contributed by atoms with van der Waals surface area (Å²) in [5.41, 5.74) is 5.11. The molecule has 0 aliphatic heterocycles. The Kier molecular flexibility index (Phi) is 7.66. The predicted octanol–water partition coefficient (Wildman–Crippen LogP) is 2.90. The van der Waals surface area contributed by atoms with Crippen molar-refractivity contribution in [1.29, 1.82) is 0 Å². The van der Waals surface area contributed by atoms with Gasteiger partial charge in [-0.3, -0.25) is 4.79 Å². The summed E-state index contributed by atoms with van der Waals surface area (Å²) >= 11 is 1.28. The van der Waals surface area contributed by atoms with Crippen LogP contribution in [0.25, 0.3) is 11.0 Å². The van der Waals surface area contributed by atoms with E-state index in [4.69, 9.17) is 4.74 Å². The summed E-state index contributed by atoms with van der Waals surface area (Å²) in [7, 11) is 0. The van der Waals surface area contributed by atoms with Crippen molar-refractivity contribution in [3.05, 3.63) is 72.6 Å². The van der Waals surface area contributed by atoms with E-state index in [9.17, 15) is 4.79 Å². The number of hydrazone groups is 1. The Hall–Kier alpha value is -3.99. The van der Waals surface area contributed by atoms with Gasteiger partial charge in [-0.1, -0.05) is 35.2 Å². The Morgan fingerprint density at radius 1 is 1.18 bits per heavy atom. The molecule has 0 spiro atoms. The van der Waals surface area contributed by atoms with Crippen LogP contribution in [0.4, 0.5) is 0 Å². The minimum absolute atomic E-state index is 0.141. The first-order valence-electron chi connectivity index (χ1n) is 10.7. The van der Waals surface area contributed by atoms with Crippen molar-refractivity contribution in [3.63, 3.8) is 0 Å². The number of rotatable bonds is 11. The van der Waals surface area contributed by atoms with Crippen LogP contribution in [-0.4, -0.2) is 54.2 Å². The first-order valence-corrected chi connectivity index (χ1v) is 11.6. The third kappa shape index (κ3) is 5.67. The van der Waals surface area contributed by atoms with E-state index in [2.05, 4.69) is 37.6 Å². The third-order valence-corrected chi connectivity index (χ3v) is 5.71. The van der Waals surface area contributed by atoms with Crippen molar-refractivity contribution in [2.45, 2.75) is 25.2 Å². The molecule has 11 heteroatoms. The standard InChI is InChI=1S/C23H24N8O2S/c1-3-13-30-21(15-31-20-8-6-5-7-19(20)25-29-31)26-28-23(30)34-16-22(32)27-24-14-17-9-11-18(12-10-17)33-4-2/h3,5-12,14H,1,4,13,15-16H2,2H3,(H,27,32)/b24-14-. The molecule has 0 saturated heterocycles. The molecule has 1 N–H and O–H groups in total. The largest absolute Gasteiger partial charge is 0.494 e. The van der Waals surface area contributed by atoms with Crippen LogP contribution in [-0.2, 0) is 17.9 Å². The zero-order valence-electron chi connectivity index (χ0n) is 18.7. The lowest BCUT2D eigenvalue weighted by Gasteiger charge is -2.07. The lowest BCUT2D eigenvalue weighted by Crippen LogP contribution is -2.20. The van der Waals surface area contributed by atoms with Gasteiger partial charge in [0.2, 0.25) is 0 Å². The normalized spacial score (nSPS) is 11.2. The molecule has 10 nitrogen and oxygen atoms in total. The Labute approximate surface area is 200 Å². The first kappa shape index (κ1) is 23.2. The van der Waals surface area contributed by atoms with Crippen LogP contribution >= 0.6 is 11.8 Å². The summed E-state index contributed by atoms with van der Waals surface area (Å²) < 4.78 is 9.09. The quantitative estimate of drug-likeness (QED) is 0.153. The van der Waals surface area contributed by atoms with Gasteiger partial charge < -0.3 is 9.30 Å². The number of aromatic nitrogens is 6. The van der Waals surface area contributed by atoms with Crippen LogP contribution in [0.1, 0.15) is 18.3 Å². The van der Waals surface area contributed by atoms with Crippen LogP contribution in [0.5, 0.6) is 5.75 Å². The molecule has 0 aliphatic carbocycles. The first-order chi connectivity index (χ1) is 16.7. The lowest BCUT2D eigenvalue weighted by molar-refractivity contribution is -0.118. The molecule has 2 aromatic heterocycles. The van der Waals surface area contributed by atoms with Gasteiger partial charge in [-0.2, -0.15) is 5.10 Å². The van der Waals surface area contributed by atoms with Crippen LogP contribution in [0.15, 0.2) is 71.4 Å². The van der Waals surface area contributed by atoms with Crippen LogP contribution < -0.4 is 10.2 Å². The van der Waals surface area contributed by atoms with Crippen LogP contribution in [0.3, 0.4) is 0 Å². The Bertz CT molecular complexity index is 1300. The number of thioether (sulfide) groups is 1. The highest BCUT2D eigenvalue weighted by Gasteiger charge is 2.15. The molecule has 0 aliphatic rings. The van der Waals surface area contributed by atoms with Gasteiger partial charge in [0.05, 0.1) is 24.1 Å². The van der Waals surface area contributed by atoms with E-state index in [1.165, 1.54) is 11.8 Å². The van der Waals surface area contributed by atoms with Gasteiger partial charge in [0.1, 0.15) is 17.8 Å². The third-order valence-electron chi connectivity index (χ3n) is 4.74. The van der Waals surface area contributed by atoms with Gasteiger partial charge in [-0.05, 0) is 48.9 Å². The number of para-hydroxylation sites is 1. The maximum atomic E-state index is 12.3. The second-order valence-corrected chi connectivity index (χ2v) is 8.06. The molecular formula is C23H24N8O2S. The number of benzene rings is 2.